The molecule has 1 aromatic carbocycles. The van der Waals surface area contributed by atoms with Gasteiger partial charge < -0.3 is 9.64 Å². The molecule has 96 valence electrons. The molecule has 0 aliphatic carbocycles. The number of amides is 1. The molecule has 0 unspecified atom stereocenters. The van der Waals surface area contributed by atoms with Crippen molar-refractivity contribution in [3.8, 4) is 5.75 Å². The minimum absolute atomic E-state index is 0.00801. The summed E-state index contributed by atoms with van der Waals surface area (Å²) in [5.74, 6) is 0.636. The normalized spacial score (nSPS) is 14.7. The molecule has 4 heteroatoms. The van der Waals surface area contributed by atoms with Gasteiger partial charge in [0.1, 0.15) is 5.75 Å². The first-order chi connectivity index (χ1) is 8.52. The summed E-state index contributed by atoms with van der Waals surface area (Å²) in [6, 6.07) is 3.61. The molecule has 1 aromatic rings. The molecule has 0 N–H and O–H groups in total. The average molecular weight is 247 g/mol. The van der Waals surface area contributed by atoms with Gasteiger partial charge in [-0.1, -0.05) is 0 Å². The van der Waals surface area contributed by atoms with E-state index in [1.54, 1.807) is 18.0 Å². The van der Waals surface area contributed by atoms with E-state index in [4.69, 9.17) is 4.74 Å². The Kier molecular flexibility index (Phi) is 3.36. The zero-order valence-corrected chi connectivity index (χ0v) is 10.9. The van der Waals surface area contributed by atoms with E-state index in [1.807, 2.05) is 19.9 Å². The molecule has 1 aliphatic heterocycles. The second kappa shape index (κ2) is 4.80. The van der Waals surface area contributed by atoms with Crippen molar-refractivity contribution in [2.45, 2.75) is 32.8 Å². The van der Waals surface area contributed by atoms with E-state index in [9.17, 15) is 9.59 Å². The highest BCUT2D eigenvalue weighted by molar-refractivity contribution is 5.97. The van der Waals surface area contributed by atoms with Crippen LogP contribution in [0.2, 0.25) is 0 Å². The summed E-state index contributed by atoms with van der Waals surface area (Å²) in [4.78, 5) is 24.4. The number of carbonyl (C=O) groups is 2. The van der Waals surface area contributed by atoms with Gasteiger partial charge in [0.2, 0.25) is 5.91 Å². The van der Waals surface area contributed by atoms with Crippen LogP contribution in [-0.4, -0.2) is 25.3 Å². The van der Waals surface area contributed by atoms with Crippen LogP contribution >= 0.6 is 0 Å². The lowest BCUT2D eigenvalue weighted by Gasteiger charge is -2.27. The summed E-state index contributed by atoms with van der Waals surface area (Å²) in [6.45, 7) is 3.81. The number of benzene rings is 1. The van der Waals surface area contributed by atoms with Crippen molar-refractivity contribution >= 4 is 17.9 Å². The van der Waals surface area contributed by atoms with Crippen LogP contribution in [0.5, 0.6) is 5.75 Å². The molecule has 0 aromatic heterocycles. The van der Waals surface area contributed by atoms with Gasteiger partial charge in [-0.2, -0.15) is 0 Å². The fourth-order valence-electron chi connectivity index (χ4n) is 2.14. The number of rotatable bonds is 3. The second-order valence-electron chi connectivity index (χ2n) is 4.76. The second-order valence-corrected chi connectivity index (χ2v) is 4.76. The largest absolute Gasteiger partial charge is 0.490 e. The summed E-state index contributed by atoms with van der Waals surface area (Å²) in [5.41, 5.74) is 2.41. The third-order valence-corrected chi connectivity index (χ3v) is 3.04. The maximum Gasteiger partial charge on any atom is 0.227 e. The first-order valence-electron chi connectivity index (χ1n) is 6.08. The molecule has 0 spiro atoms. The van der Waals surface area contributed by atoms with Crippen LogP contribution in [0.15, 0.2) is 12.1 Å². The average Bonchev–Trinajstić information content (AvgIpc) is 2.33. The summed E-state index contributed by atoms with van der Waals surface area (Å²) in [7, 11) is 1.75. The lowest BCUT2D eigenvalue weighted by atomic mass is 9.99. The Labute approximate surface area is 107 Å². The highest BCUT2D eigenvalue weighted by Crippen LogP contribution is 2.33. The van der Waals surface area contributed by atoms with Gasteiger partial charge in [-0.05, 0) is 31.9 Å². The van der Waals surface area contributed by atoms with Gasteiger partial charge in [-0.25, -0.2) is 0 Å². The fraction of sp³-hybridized carbons (Fsp3) is 0.429. The maximum atomic E-state index is 11.7. The monoisotopic (exact) mass is 247 g/mol. The van der Waals surface area contributed by atoms with Crippen LogP contribution in [0.25, 0.3) is 0 Å². The summed E-state index contributed by atoms with van der Waals surface area (Å²) in [6.07, 6.45) is 1.97. The van der Waals surface area contributed by atoms with Crippen molar-refractivity contribution in [1.82, 2.24) is 0 Å². The first kappa shape index (κ1) is 12.6. The van der Waals surface area contributed by atoms with Crippen molar-refractivity contribution in [1.29, 1.82) is 0 Å². The summed E-state index contributed by atoms with van der Waals surface area (Å²) >= 11 is 0. The zero-order valence-electron chi connectivity index (χ0n) is 10.9. The van der Waals surface area contributed by atoms with Crippen molar-refractivity contribution < 1.29 is 14.3 Å². The molecule has 18 heavy (non-hydrogen) atoms. The predicted octanol–water partition coefficient (Wildman–Crippen LogP) is 2.20. The molecule has 1 aliphatic rings. The third kappa shape index (κ3) is 2.23. The van der Waals surface area contributed by atoms with E-state index in [-0.39, 0.29) is 12.0 Å². The van der Waals surface area contributed by atoms with E-state index >= 15 is 0 Å². The van der Waals surface area contributed by atoms with Crippen LogP contribution in [0, 0.1) is 0 Å². The number of anilines is 1. The predicted molar refractivity (Wildman–Crippen MR) is 69.3 cm³/mol. The summed E-state index contributed by atoms with van der Waals surface area (Å²) < 4.78 is 5.62. The molecule has 2 rings (SSSR count). The Hall–Kier alpha value is -1.84. The van der Waals surface area contributed by atoms with Gasteiger partial charge >= 0.3 is 0 Å². The third-order valence-electron chi connectivity index (χ3n) is 3.04. The van der Waals surface area contributed by atoms with Crippen molar-refractivity contribution in [2.75, 3.05) is 11.9 Å². The molecule has 1 heterocycles. The van der Waals surface area contributed by atoms with Crippen LogP contribution in [0.1, 0.15) is 36.2 Å². The van der Waals surface area contributed by atoms with Gasteiger partial charge in [0.15, 0.2) is 6.29 Å². The lowest BCUT2D eigenvalue weighted by molar-refractivity contribution is -0.118. The topological polar surface area (TPSA) is 46.6 Å². The van der Waals surface area contributed by atoms with Crippen molar-refractivity contribution in [3.05, 3.63) is 23.3 Å². The van der Waals surface area contributed by atoms with Gasteiger partial charge in [0.25, 0.3) is 0 Å². The highest BCUT2D eigenvalue weighted by atomic mass is 16.5. The Morgan fingerprint density at radius 2 is 2.06 bits per heavy atom. The number of aryl methyl sites for hydroxylation is 1. The molecule has 0 saturated carbocycles. The van der Waals surface area contributed by atoms with Crippen LogP contribution in [0.4, 0.5) is 5.69 Å². The minimum atomic E-state index is -0.00801. The van der Waals surface area contributed by atoms with Gasteiger partial charge in [0.05, 0.1) is 17.4 Å². The number of fused-ring (bicyclic) bond motifs is 1. The molecule has 0 fully saturated rings. The number of hydrogen-bond acceptors (Lipinski definition) is 3. The van der Waals surface area contributed by atoms with E-state index in [0.717, 1.165) is 17.5 Å². The molecule has 1 amide bonds. The molecule has 0 radical (unpaired) electrons. The Morgan fingerprint density at radius 1 is 1.33 bits per heavy atom. The SMILES string of the molecule is CC(C)Oc1cc2c(cc1C=O)CCC(=O)N2C. The van der Waals surface area contributed by atoms with E-state index < -0.39 is 0 Å². The van der Waals surface area contributed by atoms with Crippen molar-refractivity contribution in [3.63, 3.8) is 0 Å². The van der Waals surface area contributed by atoms with Gasteiger partial charge in [-0.3, -0.25) is 9.59 Å². The quantitative estimate of drug-likeness (QED) is 0.769. The first-order valence-corrected chi connectivity index (χ1v) is 6.08. The van der Waals surface area contributed by atoms with E-state index in [1.165, 1.54) is 0 Å². The molecule has 0 saturated heterocycles. The summed E-state index contributed by atoms with van der Waals surface area (Å²) in [5, 5.41) is 0. The number of carbonyl (C=O) groups excluding carboxylic acids is 2. The smallest absolute Gasteiger partial charge is 0.227 e. The molecule has 4 nitrogen and oxygen atoms in total. The molecular formula is C14H17NO3. The Balaban J connectivity index is 2.49. The molecule has 0 bridgehead atoms. The van der Waals surface area contributed by atoms with Crippen LogP contribution in [-0.2, 0) is 11.2 Å². The van der Waals surface area contributed by atoms with Crippen LogP contribution < -0.4 is 9.64 Å². The van der Waals surface area contributed by atoms with E-state index in [2.05, 4.69) is 0 Å². The maximum absolute atomic E-state index is 11.7. The van der Waals surface area contributed by atoms with E-state index in [0.29, 0.717) is 24.2 Å². The number of nitrogens with zero attached hydrogens (tertiary/aromatic N) is 1. The molecular weight excluding hydrogens is 230 g/mol. The fourth-order valence-corrected chi connectivity index (χ4v) is 2.14. The number of hydrogen-bond donors (Lipinski definition) is 0. The highest BCUT2D eigenvalue weighted by Gasteiger charge is 2.23. The number of ether oxygens (including phenoxy) is 1. The van der Waals surface area contributed by atoms with Crippen molar-refractivity contribution in [2.24, 2.45) is 0 Å². The molecule has 0 atom stereocenters. The minimum Gasteiger partial charge on any atom is -0.490 e. The lowest BCUT2D eigenvalue weighted by Crippen LogP contribution is -2.31. The standard InChI is InChI=1S/C14H17NO3/c1-9(2)18-13-7-12-10(6-11(13)8-16)4-5-14(17)15(12)3/h6-9H,4-5H2,1-3H3. The Bertz CT molecular complexity index is 494. The Morgan fingerprint density at radius 3 is 2.67 bits per heavy atom. The van der Waals surface area contributed by atoms with Gasteiger partial charge in [0, 0.05) is 19.5 Å². The zero-order chi connectivity index (χ0) is 13.3. The number of aldehydes is 1. The van der Waals surface area contributed by atoms with Crippen LogP contribution in [0.3, 0.4) is 0 Å². The van der Waals surface area contributed by atoms with Gasteiger partial charge in [-0.15, -0.1) is 0 Å².